The lowest BCUT2D eigenvalue weighted by molar-refractivity contribution is 0.158. The van der Waals surface area contributed by atoms with Gasteiger partial charge in [0.05, 0.1) is 5.71 Å². The van der Waals surface area contributed by atoms with Crippen molar-refractivity contribution in [2.24, 2.45) is 5.16 Å². The Balaban J connectivity index is 0.00000169. The molecule has 0 amide bonds. The minimum atomic E-state index is 0. The molecule has 0 saturated heterocycles. The molecule has 0 atom stereocenters. The molecule has 4 heteroatoms. The van der Waals surface area contributed by atoms with Crippen LogP contribution in [0.4, 0.5) is 0 Å². The molecule has 1 rings (SSSR count). The summed E-state index contributed by atoms with van der Waals surface area (Å²) in [7, 11) is 2.04. The Morgan fingerprint density at radius 1 is 1.64 bits per heavy atom. The topological polar surface area (TPSA) is 24.8 Å². The lowest BCUT2D eigenvalue weighted by Crippen LogP contribution is -2.20. The van der Waals surface area contributed by atoms with Crippen LogP contribution in [0.2, 0.25) is 0 Å². The summed E-state index contributed by atoms with van der Waals surface area (Å²) in [5.74, 6) is 0. The minimum absolute atomic E-state index is 0. The zero-order chi connectivity index (χ0) is 9.68. The third-order valence-electron chi connectivity index (χ3n) is 1.85. The SMILES string of the molecule is CCON=C(C)C1=CC=CN(C)C1.I. The van der Waals surface area contributed by atoms with Gasteiger partial charge in [0.2, 0.25) is 0 Å². The number of hydrogen-bond donors (Lipinski definition) is 0. The Hall–Kier alpha value is -0.520. The van der Waals surface area contributed by atoms with Gasteiger partial charge >= 0.3 is 0 Å². The van der Waals surface area contributed by atoms with Gasteiger partial charge in [0.25, 0.3) is 0 Å². The molecule has 0 aromatic rings. The number of halogens is 1. The van der Waals surface area contributed by atoms with E-state index in [2.05, 4.69) is 16.1 Å². The smallest absolute Gasteiger partial charge is 0.114 e. The summed E-state index contributed by atoms with van der Waals surface area (Å²) < 4.78 is 0. The first-order valence-corrected chi connectivity index (χ1v) is 4.48. The predicted octanol–water partition coefficient (Wildman–Crippen LogP) is 2.40. The molecule has 0 bridgehead atoms. The van der Waals surface area contributed by atoms with Gasteiger partial charge in [0.1, 0.15) is 6.61 Å². The summed E-state index contributed by atoms with van der Waals surface area (Å²) >= 11 is 0. The van der Waals surface area contributed by atoms with E-state index in [1.165, 1.54) is 5.57 Å². The number of likely N-dealkylation sites (N-methyl/N-ethyl adjacent to an activating group) is 1. The van der Waals surface area contributed by atoms with Gasteiger partial charge in [-0.15, -0.1) is 24.0 Å². The monoisotopic (exact) mass is 308 g/mol. The van der Waals surface area contributed by atoms with E-state index < -0.39 is 0 Å². The van der Waals surface area contributed by atoms with Crippen LogP contribution in [0.3, 0.4) is 0 Å². The molecule has 0 unspecified atom stereocenters. The molecule has 0 fully saturated rings. The first kappa shape index (κ1) is 13.5. The zero-order valence-electron chi connectivity index (χ0n) is 8.86. The van der Waals surface area contributed by atoms with E-state index in [9.17, 15) is 0 Å². The van der Waals surface area contributed by atoms with Crippen LogP contribution in [0.5, 0.6) is 0 Å². The van der Waals surface area contributed by atoms with Crippen LogP contribution in [0.15, 0.2) is 29.1 Å². The molecule has 0 N–H and O–H groups in total. The van der Waals surface area contributed by atoms with E-state index in [0.29, 0.717) is 6.61 Å². The summed E-state index contributed by atoms with van der Waals surface area (Å²) in [5, 5.41) is 3.99. The second kappa shape index (κ2) is 6.86. The van der Waals surface area contributed by atoms with Crippen LogP contribution in [0.1, 0.15) is 13.8 Å². The third-order valence-corrected chi connectivity index (χ3v) is 1.85. The molecule has 0 radical (unpaired) electrons. The summed E-state index contributed by atoms with van der Waals surface area (Å²) in [6.07, 6.45) is 6.12. The normalized spacial score (nSPS) is 16.1. The standard InChI is InChI=1S/C10H16N2O.HI/c1-4-13-11-9(2)10-6-5-7-12(3)8-10;/h5-7H,4,8H2,1-3H3;1H. The van der Waals surface area contributed by atoms with Gasteiger partial charge in [-0.25, -0.2) is 0 Å². The summed E-state index contributed by atoms with van der Waals surface area (Å²) in [6, 6.07) is 0. The van der Waals surface area contributed by atoms with E-state index in [0.717, 1.165) is 12.3 Å². The Labute approximate surface area is 103 Å². The van der Waals surface area contributed by atoms with Crippen molar-refractivity contribution < 1.29 is 4.84 Å². The number of hydrogen-bond acceptors (Lipinski definition) is 3. The van der Waals surface area contributed by atoms with Gasteiger partial charge in [0.15, 0.2) is 0 Å². The van der Waals surface area contributed by atoms with Crippen LogP contribution in [0.25, 0.3) is 0 Å². The first-order valence-electron chi connectivity index (χ1n) is 4.48. The molecule has 0 aromatic carbocycles. The van der Waals surface area contributed by atoms with Crippen molar-refractivity contribution in [3.05, 3.63) is 23.9 Å². The average molecular weight is 308 g/mol. The molecule has 80 valence electrons. The number of nitrogens with zero attached hydrogens (tertiary/aromatic N) is 2. The molecule has 0 aromatic heterocycles. The highest BCUT2D eigenvalue weighted by Gasteiger charge is 2.06. The molecule has 1 aliphatic heterocycles. The maximum atomic E-state index is 4.99. The fraction of sp³-hybridized carbons (Fsp3) is 0.500. The van der Waals surface area contributed by atoms with Crippen LogP contribution >= 0.6 is 24.0 Å². The van der Waals surface area contributed by atoms with Crippen molar-refractivity contribution in [2.45, 2.75) is 13.8 Å². The molecule has 3 nitrogen and oxygen atoms in total. The van der Waals surface area contributed by atoms with Gasteiger partial charge in [-0.1, -0.05) is 11.2 Å². The lowest BCUT2D eigenvalue weighted by Gasteiger charge is -2.19. The lowest BCUT2D eigenvalue weighted by atomic mass is 10.1. The molecule has 0 saturated carbocycles. The van der Waals surface area contributed by atoms with Crippen molar-refractivity contribution in [3.63, 3.8) is 0 Å². The van der Waals surface area contributed by atoms with Crippen LogP contribution in [-0.2, 0) is 4.84 Å². The number of oxime groups is 1. The van der Waals surface area contributed by atoms with Gasteiger partial charge in [-0.2, -0.15) is 0 Å². The van der Waals surface area contributed by atoms with Gasteiger partial charge in [-0.3, -0.25) is 0 Å². The molecule has 14 heavy (non-hydrogen) atoms. The van der Waals surface area contributed by atoms with E-state index in [4.69, 9.17) is 4.84 Å². The second-order valence-electron chi connectivity index (χ2n) is 3.04. The molecular formula is C10H17IN2O. The van der Waals surface area contributed by atoms with Gasteiger partial charge in [0, 0.05) is 13.6 Å². The highest BCUT2D eigenvalue weighted by molar-refractivity contribution is 14.0. The molecule has 1 heterocycles. The summed E-state index contributed by atoms with van der Waals surface area (Å²) in [5.41, 5.74) is 2.16. The Morgan fingerprint density at radius 3 is 2.93 bits per heavy atom. The van der Waals surface area contributed by atoms with Crippen LogP contribution in [-0.4, -0.2) is 30.8 Å². The molecule has 1 aliphatic rings. The van der Waals surface area contributed by atoms with Crippen molar-refractivity contribution in [1.29, 1.82) is 0 Å². The second-order valence-corrected chi connectivity index (χ2v) is 3.04. The van der Waals surface area contributed by atoms with E-state index in [1.807, 2.05) is 33.2 Å². The Morgan fingerprint density at radius 2 is 2.36 bits per heavy atom. The highest BCUT2D eigenvalue weighted by Crippen LogP contribution is 2.07. The van der Waals surface area contributed by atoms with E-state index in [1.54, 1.807) is 0 Å². The van der Waals surface area contributed by atoms with Gasteiger partial charge in [-0.05, 0) is 31.7 Å². The number of rotatable bonds is 3. The summed E-state index contributed by atoms with van der Waals surface area (Å²) in [6.45, 7) is 5.42. The van der Waals surface area contributed by atoms with Crippen molar-refractivity contribution in [2.75, 3.05) is 20.2 Å². The molecular weight excluding hydrogens is 291 g/mol. The molecule has 0 spiro atoms. The Bertz CT molecular complexity index is 259. The largest absolute Gasteiger partial charge is 0.396 e. The quantitative estimate of drug-likeness (QED) is 0.454. The van der Waals surface area contributed by atoms with Crippen LogP contribution < -0.4 is 0 Å². The predicted molar refractivity (Wildman–Crippen MR) is 70.0 cm³/mol. The third kappa shape index (κ3) is 4.13. The fourth-order valence-corrected chi connectivity index (χ4v) is 1.14. The zero-order valence-corrected chi connectivity index (χ0v) is 11.2. The van der Waals surface area contributed by atoms with Crippen molar-refractivity contribution >= 4 is 29.7 Å². The highest BCUT2D eigenvalue weighted by atomic mass is 127. The summed E-state index contributed by atoms with van der Waals surface area (Å²) in [4.78, 5) is 7.10. The minimum Gasteiger partial charge on any atom is -0.396 e. The van der Waals surface area contributed by atoms with Gasteiger partial charge < -0.3 is 9.74 Å². The van der Waals surface area contributed by atoms with Crippen molar-refractivity contribution in [3.8, 4) is 0 Å². The van der Waals surface area contributed by atoms with Crippen LogP contribution in [0, 0.1) is 0 Å². The first-order chi connectivity index (χ1) is 6.24. The Kier molecular flexibility index (Phi) is 6.61. The van der Waals surface area contributed by atoms with E-state index >= 15 is 0 Å². The fourth-order valence-electron chi connectivity index (χ4n) is 1.14. The van der Waals surface area contributed by atoms with E-state index in [-0.39, 0.29) is 24.0 Å². The maximum absolute atomic E-state index is 4.99. The average Bonchev–Trinajstić information content (AvgIpc) is 2.14. The maximum Gasteiger partial charge on any atom is 0.114 e. The number of allylic oxidation sites excluding steroid dienone is 2. The van der Waals surface area contributed by atoms with Crippen molar-refractivity contribution in [1.82, 2.24) is 4.90 Å². The molecule has 0 aliphatic carbocycles.